The highest BCUT2D eigenvalue weighted by atomic mass is 16.2. The number of hydrogen-bond donors (Lipinski definition) is 2. The molecule has 2 fully saturated rings. The van der Waals surface area contributed by atoms with Gasteiger partial charge < -0.3 is 11.1 Å². The second kappa shape index (κ2) is 4.21. The molecule has 0 aromatic carbocycles. The lowest BCUT2D eigenvalue weighted by atomic mass is 9.64. The number of nitrogens with one attached hydrogen (secondary N) is 1. The van der Waals surface area contributed by atoms with Gasteiger partial charge in [-0.3, -0.25) is 14.5 Å². The Morgan fingerprint density at radius 2 is 2.05 bits per heavy atom. The van der Waals surface area contributed by atoms with Crippen molar-refractivity contribution >= 4 is 17.8 Å². The zero-order chi connectivity index (χ0) is 14.4. The molecule has 19 heavy (non-hydrogen) atoms. The van der Waals surface area contributed by atoms with E-state index in [0.717, 1.165) is 11.3 Å². The summed E-state index contributed by atoms with van der Waals surface area (Å²) in [6, 6.07) is -0.506. The van der Waals surface area contributed by atoms with Gasteiger partial charge in [0.25, 0.3) is 5.91 Å². The van der Waals surface area contributed by atoms with Gasteiger partial charge in [-0.1, -0.05) is 20.8 Å². The van der Waals surface area contributed by atoms with Crippen molar-refractivity contribution in [3.05, 3.63) is 0 Å². The third-order valence-corrected chi connectivity index (χ3v) is 3.94. The van der Waals surface area contributed by atoms with Crippen LogP contribution in [0.3, 0.4) is 0 Å². The second-order valence-electron chi connectivity index (χ2n) is 6.72. The monoisotopic (exact) mass is 267 g/mol. The van der Waals surface area contributed by atoms with Gasteiger partial charge >= 0.3 is 6.03 Å². The van der Waals surface area contributed by atoms with Crippen LogP contribution in [0.15, 0.2) is 0 Å². The third-order valence-electron chi connectivity index (χ3n) is 3.94. The Hall–Kier alpha value is -1.59. The molecule has 1 saturated carbocycles. The first kappa shape index (κ1) is 13.8. The number of nitrogens with zero attached hydrogens (tertiary/aromatic N) is 1. The lowest BCUT2D eigenvalue weighted by Gasteiger charge is -2.43. The summed E-state index contributed by atoms with van der Waals surface area (Å²) in [5.41, 5.74) is 4.22. The van der Waals surface area contributed by atoms with Crippen molar-refractivity contribution in [3.8, 4) is 0 Å². The largest absolute Gasteiger partial charge is 0.368 e. The number of rotatable bonds is 2. The van der Waals surface area contributed by atoms with Crippen LogP contribution in [-0.2, 0) is 9.59 Å². The van der Waals surface area contributed by atoms with E-state index in [1.165, 1.54) is 0 Å². The molecule has 1 aliphatic carbocycles. The van der Waals surface area contributed by atoms with Crippen LogP contribution in [-0.4, -0.2) is 34.8 Å². The fourth-order valence-corrected chi connectivity index (χ4v) is 3.81. The molecular formula is C13H21N3O3. The Balaban J connectivity index is 2.28. The molecule has 2 aliphatic rings. The number of carbonyl (C=O) groups excluding carboxylic acids is 3. The van der Waals surface area contributed by atoms with E-state index in [1.807, 2.05) is 0 Å². The standard InChI is InChI=1S/C13H21N3O3/c1-8-4-12(2,3)7-13(5-8)10(18)16(6-9(14)17)11(19)15-13/h8H,4-7H2,1-3H3,(H2,14,17)(H,15,19)/t8-,13+/m1/s1. The smallest absolute Gasteiger partial charge is 0.325 e. The topological polar surface area (TPSA) is 92.5 Å². The normalized spacial score (nSPS) is 33.6. The van der Waals surface area contributed by atoms with Crippen LogP contribution in [0.5, 0.6) is 0 Å². The Morgan fingerprint density at radius 1 is 1.42 bits per heavy atom. The number of hydrogen-bond acceptors (Lipinski definition) is 3. The van der Waals surface area contributed by atoms with Gasteiger partial charge in [0.15, 0.2) is 0 Å². The van der Waals surface area contributed by atoms with Crippen molar-refractivity contribution in [1.82, 2.24) is 10.2 Å². The summed E-state index contributed by atoms with van der Waals surface area (Å²) in [6.45, 7) is 5.93. The molecule has 6 nitrogen and oxygen atoms in total. The molecule has 3 N–H and O–H groups in total. The molecule has 2 rings (SSSR count). The first-order chi connectivity index (χ1) is 8.65. The van der Waals surface area contributed by atoms with Gasteiger partial charge in [0.1, 0.15) is 12.1 Å². The van der Waals surface area contributed by atoms with Crippen molar-refractivity contribution in [3.63, 3.8) is 0 Å². The van der Waals surface area contributed by atoms with Gasteiger partial charge in [-0.25, -0.2) is 4.79 Å². The molecule has 0 aromatic rings. The Bertz CT molecular complexity index is 446. The predicted octanol–water partition coefficient (Wildman–Crippen LogP) is 0.609. The summed E-state index contributed by atoms with van der Waals surface area (Å²) < 4.78 is 0. The molecule has 2 atom stereocenters. The Kier molecular flexibility index (Phi) is 3.07. The fraction of sp³-hybridized carbons (Fsp3) is 0.769. The Morgan fingerprint density at radius 3 is 2.58 bits per heavy atom. The highest BCUT2D eigenvalue weighted by molar-refractivity contribution is 6.09. The summed E-state index contributed by atoms with van der Waals surface area (Å²) in [7, 11) is 0. The average Bonchev–Trinajstić information content (AvgIpc) is 2.38. The van der Waals surface area contributed by atoms with Crippen LogP contribution in [0.4, 0.5) is 4.79 Å². The Labute approximate surface area is 112 Å². The highest BCUT2D eigenvalue weighted by Crippen LogP contribution is 2.46. The minimum absolute atomic E-state index is 0.0106. The molecule has 1 heterocycles. The number of primary amides is 1. The lowest BCUT2D eigenvalue weighted by Crippen LogP contribution is -2.54. The quantitative estimate of drug-likeness (QED) is 0.718. The molecule has 0 aromatic heterocycles. The van der Waals surface area contributed by atoms with E-state index in [-0.39, 0.29) is 17.9 Å². The number of urea groups is 1. The first-order valence-electron chi connectivity index (χ1n) is 6.58. The molecular weight excluding hydrogens is 246 g/mol. The van der Waals surface area contributed by atoms with Crippen LogP contribution in [0, 0.1) is 11.3 Å². The van der Waals surface area contributed by atoms with Crippen molar-refractivity contribution in [2.75, 3.05) is 6.54 Å². The SMILES string of the molecule is C[C@@H]1CC(C)(C)C[C@]2(C1)NC(=O)N(CC(N)=O)C2=O. The number of nitrogens with two attached hydrogens (primary N) is 1. The minimum Gasteiger partial charge on any atom is -0.368 e. The van der Waals surface area contributed by atoms with Crippen molar-refractivity contribution in [2.24, 2.45) is 17.1 Å². The van der Waals surface area contributed by atoms with Crippen molar-refractivity contribution in [1.29, 1.82) is 0 Å². The van der Waals surface area contributed by atoms with Gasteiger partial charge in [-0.05, 0) is 30.6 Å². The van der Waals surface area contributed by atoms with E-state index >= 15 is 0 Å². The van der Waals surface area contributed by atoms with E-state index < -0.39 is 17.5 Å². The molecule has 1 spiro atoms. The number of imide groups is 1. The summed E-state index contributed by atoms with van der Waals surface area (Å²) >= 11 is 0. The van der Waals surface area contributed by atoms with E-state index in [0.29, 0.717) is 18.8 Å². The van der Waals surface area contributed by atoms with Crippen LogP contribution in [0.2, 0.25) is 0 Å². The zero-order valence-electron chi connectivity index (χ0n) is 11.7. The summed E-state index contributed by atoms with van der Waals surface area (Å²) in [6.07, 6.45) is 2.24. The van der Waals surface area contributed by atoms with E-state index in [1.54, 1.807) is 0 Å². The van der Waals surface area contributed by atoms with E-state index in [9.17, 15) is 14.4 Å². The van der Waals surface area contributed by atoms with Gasteiger partial charge in [0.05, 0.1) is 0 Å². The van der Waals surface area contributed by atoms with Crippen LogP contribution in [0.1, 0.15) is 40.0 Å². The zero-order valence-corrected chi connectivity index (χ0v) is 11.7. The maximum Gasteiger partial charge on any atom is 0.325 e. The number of amides is 4. The molecule has 0 bridgehead atoms. The lowest BCUT2D eigenvalue weighted by molar-refractivity contribution is -0.137. The van der Waals surface area contributed by atoms with Crippen LogP contribution >= 0.6 is 0 Å². The minimum atomic E-state index is -0.853. The third kappa shape index (κ3) is 2.43. The van der Waals surface area contributed by atoms with Gasteiger partial charge in [0.2, 0.25) is 5.91 Å². The van der Waals surface area contributed by atoms with Crippen molar-refractivity contribution in [2.45, 2.75) is 45.6 Å². The molecule has 4 amide bonds. The molecule has 1 aliphatic heterocycles. The second-order valence-corrected chi connectivity index (χ2v) is 6.72. The summed E-state index contributed by atoms with van der Waals surface area (Å²) in [5.74, 6) is -0.638. The molecule has 106 valence electrons. The molecule has 0 radical (unpaired) electrons. The highest BCUT2D eigenvalue weighted by Gasteiger charge is 2.56. The van der Waals surface area contributed by atoms with Gasteiger partial charge in [-0.15, -0.1) is 0 Å². The van der Waals surface area contributed by atoms with Crippen LogP contribution in [0.25, 0.3) is 0 Å². The maximum absolute atomic E-state index is 12.5. The van der Waals surface area contributed by atoms with Crippen molar-refractivity contribution < 1.29 is 14.4 Å². The fourth-order valence-electron chi connectivity index (χ4n) is 3.81. The van der Waals surface area contributed by atoms with E-state index in [2.05, 4.69) is 26.1 Å². The summed E-state index contributed by atoms with van der Waals surface area (Å²) in [5, 5.41) is 2.79. The van der Waals surface area contributed by atoms with Gasteiger partial charge in [-0.2, -0.15) is 0 Å². The maximum atomic E-state index is 12.5. The van der Waals surface area contributed by atoms with Crippen LogP contribution < -0.4 is 11.1 Å². The molecule has 0 unspecified atom stereocenters. The first-order valence-corrected chi connectivity index (χ1v) is 6.58. The number of carbonyl (C=O) groups is 3. The van der Waals surface area contributed by atoms with Gasteiger partial charge in [0, 0.05) is 0 Å². The predicted molar refractivity (Wildman–Crippen MR) is 69.0 cm³/mol. The average molecular weight is 267 g/mol. The van der Waals surface area contributed by atoms with E-state index in [4.69, 9.17) is 5.73 Å². The molecule has 1 saturated heterocycles. The molecule has 6 heteroatoms. The summed E-state index contributed by atoms with van der Waals surface area (Å²) in [4.78, 5) is 36.3.